The fraction of sp³-hybridized carbons (Fsp3) is 0.143. The molecule has 0 heterocycles. The first-order chi connectivity index (χ1) is 12.4. The Labute approximate surface area is 153 Å². The summed E-state index contributed by atoms with van der Waals surface area (Å²) in [4.78, 5) is 0.208. The molecule has 1 N–H and O–H groups in total. The van der Waals surface area contributed by atoms with E-state index in [1.165, 1.54) is 7.11 Å². The van der Waals surface area contributed by atoms with Crippen LogP contribution in [0.3, 0.4) is 0 Å². The number of hydrogen-bond acceptors (Lipinski definition) is 4. The van der Waals surface area contributed by atoms with Crippen molar-refractivity contribution in [2.75, 3.05) is 7.11 Å². The molecule has 26 heavy (non-hydrogen) atoms. The summed E-state index contributed by atoms with van der Waals surface area (Å²) in [6.07, 6.45) is 0. The number of aryl methyl sites for hydroxylation is 1. The van der Waals surface area contributed by atoms with E-state index in [0.29, 0.717) is 5.56 Å². The molecular formula is C21H20O4S. The van der Waals surface area contributed by atoms with Gasteiger partial charge in [0.05, 0.1) is 12.0 Å². The quantitative estimate of drug-likeness (QED) is 0.730. The lowest BCUT2D eigenvalue weighted by atomic mass is 10.0. The largest absolute Gasteiger partial charge is 0.504 e. The highest BCUT2D eigenvalue weighted by molar-refractivity contribution is 7.92. The van der Waals surface area contributed by atoms with Gasteiger partial charge in [-0.15, -0.1) is 0 Å². The summed E-state index contributed by atoms with van der Waals surface area (Å²) in [6, 6.07) is 20.5. The minimum atomic E-state index is -3.79. The zero-order valence-electron chi connectivity index (χ0n) is 14.6. The number of rotatable bonds is 5. The van der Waals surface area contributed by atoms with Crippen LogP contribution in [0.15, 0.2) is 77.7 Å². The molecule has 0 bridgehead atoms. The van der Waals surface area contributed by atoms with Crippen LogP contribution in [0.5, 0.6) is 11.5 Å². The average Bonchev–Trinajstić information content (AvgIpc) is 2.64. The van der Waals surface area contributed by atoms with Crippen LogP contribution in [0, 0.1) is 6.92 Å². The average molecular weight is 368 g/mol. The Balaban J connectivity index is 2.25. The van der Waals surface area contributed by atoms with Crippen LogP contribution in [-0.4, -0.2) is 20.6 Å². The maximum absolute atomic E-state index is 13.4. The first-order valence-corrected chi connectivity index (χ1v) is 9.71. The van der Waals surface area contributed by atoms with Crippen LogP contribution < -0.4 is 4.74 Å². The van der Waals surface area contributed by atoms with Crippen LogP contribution in [-0.2, 0) is 9.84 Å². The van der Waals surface area contributed by atoms with E-state index in [0.717, 1.165) is 5.56 Å². The molecule has 0 saturated carbocycles. The van der Waals surface area contributed by atoms with Crippen molar-refractivity contribution in [1.29, 1.82) is 0 Å². The highest BCUT2D eigenvalue weighted by Crippen LogP contribution is 2.42. The first-order valence-electron chi connectivity index (χ1n) is 8.16. The molecule has 0 fully saturated rings. The molecule has 5 heteroatoms. The third-order valence-electron chi connectivity index (χ3n) is 4.29. The van der Waals surface area contributed by atoms with Gasteiger partial charge in [-0.3, -0.25) is 0 Å². The van der Waals surface area contributed by atoms with E-state index in [9.17, 15) is 13.5 Å². The minimum absolute atomic E-state index is 0.167. The van der Waals surface area contributed by atoms with Crippen LogP contribution in [0.2, 0.25) is 0 Å². The number of phenols is 1. The molecule has 0 amide bonds. The molecule has 3 rings (SSSR count). The third kappa shape index (κ3) is 3.30. The standard InChI is InChI=1S/C21H20O4S/c1-15-11-13-17(14-12-15)26(23,24)21(16-7-4-3-5-8-16)18-9-6-10-19(25-2)20(18)22/h3-14,21-22H,1-2H3. The monoisotopic (exact) mass is 368 g/mol. The van der Waals surface area contributed by atoms with Crippen molar-refractivity contribution < 1.29 is 18.3 Å². The molecule has 1 unspecified atom stereocenters. The number of aromatic hydroxyl groups is 1. The topological polar surface area (TPSA) is 63.6 Å². The Bertz CT molecular complexity index is 994. The molecule has 3 aromatic carbocycles. The van der Waals surface area contributed by atoms with Crippen LogP contribution in [0.1, 0.15) is 21.9 Å². The van der Waals surface area contributed by atoms with Gasteiger partial charge in [-0.1, -0.05) is 60.2 Å². The minimum Gasteiger partial charge on any atom is -0.504 e. The number of sulfone groups is 1. The second kappa shape index (κ2) is 7.22. The van der Waals surface area contributed by atoms with Crippen molar-refractivity contribution in [1.82, 2.24) is 0 Å². The number of ether oxygens (including phenoxy) is 1. The normalized spacial score (nSPS) is 12.5. The summed E-state index contributed by atoms with van der Waals surface area (Å²) >= 11 is 0. The second-order valence-electron chi connectivity index (χ2n) is 6.05. The molecular weight excluding hydrogens is 348 g/mol. The lowest BCUT2D eigenvalue weighted by Crippen LogP contribution is -2.15. The van der Waals surface area contributed by atoms with E-state index >= 15 is 0 Å². The summed E-state index contributed by atoms with van der Waals surface area (Å²) in [5, 5.41) is 9.55. The van der Waals surface area contributed by atoms with Crippen molar-refractivity contribution in [2.45, 2.75) is 17.1 Å². The second-order valence-corrected chi connectivity index (χ2v) is 8.08. The summed E-state index contributed by atoms with van der Waals surface area (Å²) in [5.74, 6) is 0.0714. The van der Waals surface area contributed by atoms with Gasteiger partial charge < -0.3 is 9.84 Å². The van der Waals surface area contributed by atoms with E-state index in [-0.39, 0.29) is 22.0 Å². The Morgan fingerprint density at radius 3 is 2.15 bits per heavy atom. The SMILES string of the molecule is COc1cccc(C(c2ccccc2)S(=O)(=O)c2ccc(C)cc2)c1O. The number of hydrogen-bond donors (Lipinski definition) is 1. The van der Waals surface area contributed by atoms with Gasteiger partial charge in [0.2, 0.25) is 0 Å². The maximum atomic E-state index is 13.4. The number of para-hydroxylation sites is 1. The van der Waals surface area contributed by atoms with Gasteiger partial charge >= 0.3 is 0 Å². The molecule has 134 valence electrons. The molecule has 0 spiro atoms. The molecule has 0 radical (unpaired) electrons. The van der Waals surface area contributed by atoms with Gasteiger partial charge in [0.15, 0.2) is 21.3 Å². The highest BCUT2D eigenvalue weighted by atomic mass is 32.2. The van der Waals surface area contributed by atoms with Crippen molar-refractivity contribution in [3.63, 3.8) is 0 Å². The molecule has 0 aliphatic heterocycles. The van der Waals surface area contributed by atoms with E-state index in [4.69, 9.17) is 4.74 Å². The number of benzene rings is 3. The summed E-state index contributed by atoms with van der Waals surface area (Å²) in [7, 11) is -2.35. The smallest absolute Gasteiger partial charge is 0.189 e. The van der Waals surface area contributed by atoms with Crippen LogP contribution in [0.4, 0.5) is 0 Å². The third-order valence-corrected chi connectivity index (χ3v) is 6.37. The lowest BCUT2D eigenvalue weighted by Gasteiger charge is -2.21. The molecule has 0 saturated heterocycles. The first kappa shape index (κ1) is 18.0. The summed E-state index contributed by atoms with van der Waals surface area (Å²) < 4.78 is 32.0. The van der Waals surface area contributed by atoms with E-state index < -0.39 is 15.1 Å². The van der Waals surface area contributed by atoms with Gasteiger partial charge in [-0.25, -0.2) is 8.42 Å². The Hall–Kier alpha value is -2.79. The van der Waals surface area contributed by atoms with E-state index in [2.05, 4.69) is 0 Å². The van der Waals surface area contributed by atoms with Crippen molar-refractivity contribution in [3.05, 3.63) is 89.5 Å². The molecule has 1 atom stereocenters. The van der Waals surface area contributed by atoms with Crippen LogP contribution >= 0.6 is 0 Å². The van der Waals surface area contributed by atoms with E-state index in [1.807, 2.05) is 13.0 Å². The van der Waals surface area contributed by atoms with Gasteiger partial charge in [-0.05, 0) is 30.7 Å². The van der Waals surface area contributed by atoms with Crippen molar-refractivity contribution in [3.8, 4) is 11.5 Å². The van der Waals surface area contributed by atoms with Crippen LogP contribution in [0.25, 0.3) is 0 Å². The zero-order valence-corrected chi connectivity index (χ0v) is 15.4. The van der Waals surface area contributed by atoms with E-state index in [1.54, 1.807) is 66.7 Å². The Kier molecular flexibility index (Phi) is 5.00. The Morgan fingerprint density at radius 2 is 1.54 bits per heavy atom. The lowest BCUT2D eigenvalue weighted by molar-refractivity contribution is 0.370. The maximum Gasteiger partial charge on any atom is 0.189 e. The molecule has 0 aromatic heterocycles. The van der Waals surface area contributed by atoms with Gasteiger partial charge in [0.1, 0.15) is 5.25 Å². The number of methoxy groups -OCH3 is 1. The molecule has 0 aliphatic carbocycles. The Morgan fingerprint density at radius 1 is 0.885 bits per heavy atom. The van der Waals surface area contributed by atoms with Gasteiger partial charge in [-0.2, -0.15) is 0 Å². The van der Waals surface area contributed by atoms with Crippen molar-refractivity contribution >= 4 is 9.84 Å². The molecule has 0 aliphatic rings. The predicted molar refractivity (Wildman–Crippen MR) is 101 cm³/mol. The number of phenolic OH excluding ortho intramolecular Hbond substituents is 1. The van der Waals surface area contributed by atoms with Gasteiger partial charge in [0.25, 0.3) is 0 Å². The van der Waals surface area contributed by atoms with Gasteiger partial charge in [0, 0.05) is 5.56 Å². The highest BCUT2D eigenvalue weighted by Gasteiger charge is 2.33. The van der Waals surface area contributed by atoms with Crippen molar-refractivity contribution in [2.24, 2.45) is 0 Å². The summed E-state index contributed by atoms with van der Waals surface area (Å²) in [6.45, 7) is 1.90. The predicted octanol–water partition coefficient (Wildman–Crippen LogP) is 4.27. The fourth-order valence-corrected chi connectivity index (χ4v) is 4.76. The zero-order chi connectivity index (χ0) is 18.7. The summed E-state index contributed by atoms with van der Waals surface area (Å²) in [5.41, 5.74) is 1.84. The molecule has 3 aromatic rings. The fourth-order valence-electron chi connectivity index (χ4n) is 2.93. The molecule has 4 nitrogen and oxygen atoms in total.